The maximum absolute atomic E-state index is 12.3. The van der Waals surface area contributed by atoms with Gasteiger partial charge in [0.2, 0.25) is 11.1 Å². The molecule has 0 N–H and O–H groups in total. The minimum absolute atomic E-state index is 0.0664. The number of nitrogens with zero attached hydrogens (tertiary/aromatic N) is 5. The van der Waals surface area contributed by atoms with E-state index >= 15 is 0 Å². The lowest BCUT2D eigenvalue weighted by molar-refractivity contribution is -0.127. The lowest BCUT2D eigenvalue weighted by Crippen LogP contribution is -2.27. The number of hydrogen-bond acceptors (Lipinski definition) is 6. The van der Waals surface area contributed by atoms with Gasteiger partial charge in [-0.25, -0.2) is 4.68 Å². The molecule has 0 aliphatic heterocycles. The van der Waals surface area contributed by atoms with Crippen molar-refractivity contribution in [2.24, 2.45) is 0 Å². The molecule has 0 spiro atoms. The van der Waals surface area contributed by atoms with Crippen molar-refractivity contribution in [1.29, 1.82) is 0 Å². The fraction of sp³-hybridized carbons (Fsp3) is 0.467. The number of halogens is 2. The molecular weight excluding hydrogens is 352 g/mol. The molecule has 3 rings (SSSR count). The van der Waals surface area contributed by atoms with E-state index in [2.05, 4.69) is 20.3 Å². The number of amides is 1. The summed E-state index contributed by atoms with van der Waals surface area (Å²) in [4.78, 5) is 13.8. The van der Waals surface area contributed by atoms with Crippen molar-refractivity contribution in [3.63, 3.8) is 0 Å². The Balaban J connectivity index is 1.49. The normalized spacial score (nSPS) is 13.9. The summed E-state index contributed by atoms with van der Waals surface area (Å²) in [6.45, 7) is -2.47. The molecule has 0 unspecified atom stereocenters. The number of tetrazole rings is 1. The van der Waals surface area contributed by atoms with Crippen LogP contribution >= 0.6 is 11.8 Å². The van der Waals surface area contributed by atoms with E-state index in [4.69, 9.17) is 0 Å². The fourth-order valence-electron chi connectivity index (χ4n) is 2.20. The number of thioether (sulfide) groups is 1. The number of aromatic nitrogens is 4. The van der Waals surface area contributed by atoms with Gasteiger partial charge >= 0.3 is 6.61 Å². The highest BCUT2D eigenvalue weighted by Crippen LogP contribution is 2.36. The summed E-state index contributed by atoms with van der Waals surface area (Å²) in [6, 6.07) is 6.58. The van der Waals surface area contributed by atoms with Crippen molar-refractivity contribution < 1.29 is 18.3 Å². The Bertz CT molecular complexity index is 721. The molecule has 0 atom stereocenters. The number of rotatable bonds is 8. The van der Waals surface area contributed by atoms with Gasteiger partial charge < -0.3 is 9.64 Å². The van der Waals surface area contributed by atoms with E-state index in [1.165, 1.54) is 23.9 Å². The van der Waals surface area contributed by atoms with Crippen LogP contribution in [0.1, 0.15) is 24.4 Å². The van der Waals surface area contributed by atoms with Crippen molar-refractivity contribution in [3.05, 3.63) is 29.8 Å². The van der Waals surface area contributed by atoms with Crippen LogP contribution in [0.4, 0.5) is 8.78 Å². The molecule has 1 fully saturated rings. The molecule has 1 aromatic carbocycles. The third kappa shape index (κ3) is 4.88. The van der Waals surface area contributed by atoms with Crippen molar-refractivity contribution in [2.75, 3.05) is 12.8 Å². The summed E-state index contributed by atoms with van der Waals surface area (Å²) < 4.78 is 30.3. The predicted octanol–water partition coefficient (Wildman–Crippen LogP) is 2.36. The number of ether oxygens (including phenoxy) is 1. The average Bonchev–Trinajstić information content (AvgIpc) is 3.32. The van der Waals surface area contributed by atoms with Crippen LogP contribution in [0.15, 0.2) is 29.4 Å². The maximum atomic E-state index is 12.3. The van der Waals surface area contributed by atoms with Crippen molar-refractivity contribution in [3.8, 4) is 5.75 Å². The zero-order chi connectivity index (χ0) is 17.8. The minimum atomic E-state index is -2.85. The minimum Gasteiger partial charge on any atom is -0.435 e. The molecule has 1 amide bonds. The number of carbonyl (C=O) groups is 1. The van der Waals surface area contributed by atoms with Gasteiger partial charge in [-0.3, -0.25) is 4.79 Å². The van der Waals surface area contributed by atoms with E-state index in [-0.39, 0.29) is 17.4 Å². The molecule has 7 nitrogen and oxygen atoms in total. The Morgan fingerprint density at radius 3 is 2.76 bits per heavy atom. The molecule has 0 saturated heterocycles. The molecule has 1 saturated carbocycles. The largest absolute Gasteiger partial charge is 0.435 e. The molecule has 2 aromatic rings. The van der Waals surface area contributed by atoms with Gasteiger partial charge in [-0.1, -0.05) is 23.9 Å². The molecule has 25 heavy (non-hydrogen) atoms. The first-order chi connectivity index (χ1) is 12.0. The summed E-state index contributed by atoms with van der Waals surface area (Å²) in [6.07, 6.45) is 2.13. The van der Waals surface area contributed by atoms with Gasteiger partial charge in [0.25, 0.3) is 0 Å². The summed E-state index contributed by atoms with van der Waals surface area (Å²) in [5.74, 6) is 0.259. The summed E-state index contributed by atoms with van der Waals surface area (Å²) in [5, 5.41) is 12.2. The van der Waals surface area contributed by atoms with E-state index < -0.39 is 6.61 Å². The molecule has 134 valence electrons. The molecule has 0 bridgehead atoms. The smallest absolute Gasteiger partial charge is 0.387 e. The summed E-state index contributed by atoms with van der Waals surface area (Å²) >= 11 is 1.31. The van der Waals surface area contributed by atoms with Gasteiger partial charge in [-0.2, -0.15) is 8.78 Å². The van der Waals surface area contributed by atoms with Gasteiger partial charge in [0.05, 0.1) is 11.8 Å². The van der Waals surface area contributed by atoms with Gasteiger partial charge in [0.15, 0.2) is 0 Å². The van der Waals surface area contributed by atoms with Gasteiger partial charge in [0, 0.05) is 13.6 Å². The Kier molecular flexibility index (Phi) is 5.47. The summed E-state index contributed by atoms with van der Waals surface area (Å²) in [7, 11) is 1.69. The van der Waals surface area contributed by atoms with E-state index in [1.807, 2.05) is 0 Å². The van der Waals surface area contributed by atoms with Crippen LogP contribution in [0.5, 0.6) is 5.75 Å². The second-order valence-corrected chi connectivity index (χ2v) is 6.64. The van der Waals surface area contributed by atoms with Crippen LogP contribution < -0.4 is 4.74 Å². The van der Waals surface area contributed by atoms with E-state index in [0.29, 0.717) is 17.7 Å². The lowest BCUT2D eigenvalue weighted by Gasteiger charge is -2.17. The fourth-order valence-corrected chi connectivity index (χ4v) is 3.09. The van der Waals surface area contributed by atoms with Crippen molar-refractivity contribution in [1.82, 2.24) is 25.1 Å². The molecule has 1 aromatic heterocycles. The van der Waals surface area contributed by atoms with Crippen molar-refractivity contribution >= 4 is 17.7 Å². The van der Waals surface area contributed by atoms with Gasteiger partial charge in [0.1, 0.15) is 5.75 Å². The summed E-state index contributed by atoms with van der Waals surface area (Å²) in [5.41, 5.74) is 0.824. The predicted molar refractivity (Wildman–Crippen MR) is 86.4 cm³/mol. The first-order valence-electron chi connectivity index (χ1n) is 7.71. The second-order valence-electron chi connectivity index (χ2n) is 5.70. The molecule has 0 radical (unpaired) electrons. The first kappa shape index (κ1) is 17.6. The molecule has 1 aliphatic rings. The van der Waals surface area contributed by atoms with Gasteiger partial charge in [-0.15, -0.1) is 5.10 Å². The molecule has 1 aliphatic carbocycles. The highest BCUT2D eigenvalue weighted by molar-refractivity contribution is 7.99. The second kappa shape index (κ2) is 7.77. The SMILES string of the molecule is CN(Cc1ccc(OC(F)F)cc1)C(=O)CSc1nnnn1C1CC1. The standard InChI is InChI=1S/C15H17F2N5O2S/c1-21(8-10-2-6-12(7-3-10)24-14(16)17)13(23)9-25-15-18-19-20-22(15)11-4-5-11/h2-3,6-7,11,14H,4-5,8-9H2,1H3. The van der Waals surface area contributed by atoms with E-state index in [9.17, 15) is 13.6 Å². The Morgan fingerprint density at radius 1 is 1.40 bits per heavy atom. The lowest BCUT2D eigenvalue weighted by atomic mass is 10.2. The average molecular weight is 369 g/mol. The molecule has 1 heterocycles. The van der Waals surface area contributed by atoms with E-state index in [1.54, 1.807) is 28.8 Å². The maximum Gasteiger partial charge on any atom is 0.387 e. The Hall–Kier alpha value is -2.23. The zero-order valence-electron chi connectivity index (χ0n) is 13.5. The molecular formula is C15H17F2N5O2S. The third-order valence-corrected chi connectivity index (χ3v) is 4.59. The quantitative estimate of drug-likeness (QED) is 0.665. The van der Waals surface area contributed by atoms with Crippen LogP contribution in [-0.4, -0.2) is 50.4 Å². The van der Waals surface area contributed by atoms with Crippen LogP contribution in [0.3, 0.4) is 0 Å². The monoisotopic (exact) mass is 369 g/mol. The van der Waals surface area contributed by atoms with Crippen LogP contribution in [-0.2, 0) is 11.3 Å². The Morgan fingerprint density at radius 2 is 2.12 bits per heavy atom. The van der Waals surface area contributed by atoms with E-state index in [0.717, 1.165) is 18.4 Å². The number of carbonyl (C=O) groups excluding carboxylic acids is 1. The first-order valence-corrected chi connectivity index (χ1v) is 8.70. The third-order valence-electron chi connectivity index (χ3n) is 3.67. The number of benzene rings is 1. The van der Waals surface area contributed by atoms with Crippen LogP contribution in [0.25, 0.3) is 0 Å². The van der Waals surface area contributed by atoms with Crippen LogP contribution in [0, 0.1) is 0 Å². The number of hydrogen-bond donors (Lipinski definition) is 0. The number of alkyl halides is 2. The molecule has 10 heteroatoms. The van der Waals surface area contributed by atoms with Crippen molar-refractivity contribution in [2.45, 2.75) is 37.2 Å². The van der Waals surface area contributed by atoms with Crippen LogP contribution in [0.2, 0.25) is 0 Å². The highest BCUT2D eigenvalue weighted by Gasteiger charge is 2.28. The van der Waals surface area contributed by atoms with Gasteiger partial charge in [-0.05, 0) is 41.0 Å². The zero-order valence-corrected chi connectivity index (χ0v) is 14.3. The Labute approximate surface area is 147 Å². The topological polar surface area (TPSA) is 73.1 Å². The highest BCUT2D eigenvalue weighted by atomic mass is 32.2.